The van der Waals surface area contributed by atoms with Gasteiger partial charge in [-0.2, -0.15) is 0 Å². The lowest BCUT2D eigenvalue weighted by Crippen LogP contribution is -2.39. The standard InChI is InChI=1S/C13H19NO5S/c1-10(8-18-2)14-13(15)9-20(16,17)12-6-4-11(19-3)5-7-12/h4-7,10H,8-9H2,1-3H3,(H,14,15)/t10-/m1/s1. The van der Waals surface area contributed by atoms with E-state index >= 15 is 0 Å². The van der Waals surface area contributed by atoms with Gasteiger partial charge in [-0.05, 0) is 31.2 Å². The van der Waals surface area contributed by atoms with Gasteiger partial charge in [0.1, 0.15) is 11.5 Å². The van der Waals surface area contributed by atoms with E-state index in [-0.39, 0.29) is 10.9 Å². The van der Waals surface area contributed by atoms with Crippen LogP contribution in [0.15, 0.2) is 29.2 Å². The van der Waals surface area contributed by atoms with E-state index in [4.69, 9.17) is 9.47 Å². The van der Waals surface area contributed by atoms with Gasteiger partial charge >= 0.3 is 0 Å². The van der Waals surface area contributed by atoms with Gasteiger partial charge in [-0.3, -0.25) is 4.79 Å². The molecular weight excluding hydrogens is 282 g/mol. The number of rotatable bonds is 7. The van der Waals surface area contributed by atoms with E-state index in [1.807, 2.05) is 0 Å². The first-order chi connectivity index (χ1) is 9.39. The zero-order chi connectivity index (χ0) is 15.2. The Kier molecular flexibility index (Phi) is 5.97. The summed E-state index contributed by atoms with van der Waals surface area (Å²) in [5.41, 5.74) is 0. The Labute approximate surface area is 119 Å². The summed E-state index contributed by atoms with van der Waals surface area (Å²) >= 11 is 0. The highest BCUT2D eigenvalue weighted by molar-refractivity contribution is 7.92. The third-order valence-corrected chi connectivity index (χ3v) is 4.20. The van der Waals surface area contributed by atoms with Gasteiger partial charge in [-0.25, -0.2) is 8.42 Å². The second-order valence-corrected chi connectivity index (χ2v) is 6.35. The summed E-state index contributed by atoms with van der Waals surface area (Å²) in [7, 11) is -0.649. The Morgan fingerprint density at radius 2 is 1.85 bits per heavy atom. The number of nitrogens with one attached hydrogen (secondary N) is 1. The molecule has 1 atom stereocenters. The van der Waals surface area contributed by atoms with Crippen molar-refractivity contribution in [3.8, 4) is 5.75 Å². The average Bonchev–Trinajstić information content (AvgIpc) is 2.38. The van der Waals surface area contributed by atoms with Gasteiger partial charge in [0.25, 0.3) is 0 Å². The molecule has 0 aromatic heterocycles. The molecule has 0 saturated heterocycles. The summed E-state index contributed by atoms with van der Waals surface area (Å²) in [4.78, 5) is 11.8. The quantitative estimate of drug-likeness (QED) is 0.798. The number of sulfone groups is 1. The van der Waals surface area contributed by atoms with Crippen LogP contribution in [0.25, 0.3) is 0 Å². The molecule has 1 aromatic rings. The molecule has 0 radical (unpaired) electrons. The highest BCUT2D eigenvalue weighted by Crippen LogP contribution is 2.16. The number of ether oxygens (including phenoxy) is 2. The molecule has 0 saturated carbocycles. The van der Waals surface area contributed by atoms with Gasteiger partial charge in [-0.15, -0.1) is 0 Å². The minimum absolute atomic E-state index is 0.0906. The van der Waals surface area contributed by atoms with E-state index in [1.165, 1.54) is 26.4 Å². The van der Waals surface area contributed by atoms with Crippen LogP contribution in [0.2, 0.25) is 0 Å². The van der Waals surface area contributed by atoms with E-state index in [0.717, 1.165) is 0 Å². The van der Waals surface area contributed by atoms with Crippen LogP contribution in [-0.4, -0.2) is 46.9 Å². The van der Waals surface area contributed by atoms with Crippen LogP contribution in [-0.2, 0) is 19.4 Å². The SMILES string of the molecule is COC[C@@H](C)NC(=O)CS(=O)(=O)c1ccc(OC)cc1. The zero-order valence-electron chi connectivity index (χ0n) is 11.8. The molecule has 0 heterocycles. The smallest absolute Gasteiger partial charge is 0.235 e. The first-order valence-electron chi connectivity index (χ1n) is 6.04. The van der Waals surface area contributed by atoms with Crippen molar-refractivity contribution in [3.63, 3.8) is 0 Å². The Hall–Kier alpha value is -1.60. The Morgan fingerprint density at radius 1 is 1.25 bits per heavy atom. The number of hydrogen-bond donors (Lipinski definition) is 1. The van der Waals surface area contributed by atoms with E-state index < -0.39 is 21.5 Å². The molecule has 0 aliphatic carbocycles. The van der Waals surface area contributed by atoms with Gasteiger partial charge in [0.2, 0.25) is 5.91 Å². The number of methoxy groups -OCH3 is 2. The fourth-order valence-electron chi connectivity index (χ4n) is 1.65. The zero-order valence-corrected chi connectivity index (χ0v) is 12.6. The molecular formula is C13H19NO5S. The average molecular weight is 301 g/mol. The predicted molar refractivity (Wildman–Crippen MR) is 74.5 cm³/mol. The van der Waals surface area contributed by atoms with Crippen molar-refractivity contribution >= 4 is 15.7 Å². The van der Waals surface area contributed by atoms with E-state index in [9.17, 15) is 13.2 Å². The summed E-state index contributed by atoms with van der Waals surface area (Å²) in [5.74, 6) is -0.583. The minimum Gasteiger partial charge on any atom is -0.497 e. The van der Waals surface area contributed by atoms with E-state index in [0.29, 0.717) is 12.4 Å². The molecule has 1 amide bonds. The summed E-state index contributed by atoms with van der Waals surface area (Å²) in [6, 6.07) is 5.68. The largest absolute Gasteiger partial charge is 0.497 e. The fourth-order valence-corrected chi connectivity index (χ4v) is 2.79. The van der Waals surface area contributed by atoms with Crippen molar-refractivity contribution in [1.29, 1.82) is 0 Å². The second-order valence-electron chi connectivity index (χ2n) is 4.36. The van der Waals surface area contributed by atoms with Crippen LogP contribution in [0.3, 0.4) is 0 Å². The second kappa shape index (κ2) is 7.25. The van der Waals surface area contributed by atoms with E-state index in [2.05, 4.69) is 5.32 Å². The lowest BCUT2D eigenvalue weighted by atomic mass is 10.3. The van der Waals surface area contributed by atoms with Gasteiger partial charge in [0.15, 0.2) is 9.84 Å². The summed E-state index contributed by atoms with van der Waals surface area (Å²) in [5, 5.41) is 2.56. The van der Waals surface area contributed by atoms with Crippen molar-refractivity contribution in [3.05, 3.63) is 24.3 Å². The number of carbonyl (C=O) groups is 1. The van der Waals surface area contributed by atoms with Crippen molar-refractivity contribution < 1.29 is 22.7 Å². The van der Waals surface area contributed by atoms with Crippen molar-refractivity contribution in [2.45, 2.75) is 17.9 Å². The van der Waals surface area contributed by atoms with Crippen LogP contribution >= 0.6 is 0 Å². The van der Waals surface area contributed by atoms with Crippen molar-refractivity contribution in [2.24, 2.45) is 0 Å². The normalized spacial score (nSPS) is 12.8. The molecule has 112 valence electrons. The lowest BCUT2D eigenvalue weighted by molar-refractivity contribution is -0.119. The molecule has 0 spiro atoms. The predicted octanol–water partition coefficient (Wildman–Crippen LogP) is 0.620. The third kappa shape index (κ3) is 4.82. The maximum atomic E-state index is 12.0. The fraction of sp³-hybridized carbons (Fsp3) is 0.462. The molecule has 0 bridgehead atoms. The summed E-state index contributed by atoms with van der Waals surface area (Å²) < 4.78 is 33.9. The number of amides is 1. The molecule has 1 aromatic carbocycles. The molecule has 0 aliphatic heterocycles. The monoisotopic (exact) mass is 301 g/mol. The van der Waals surface area contributed by atoms with Crippen molar-refractivity contribution in [1.82, 2.24) is 5.32 Å². The third-order valence-electron chi connectivity index (χ3n) is 2.56. The van der Waals surface area contributed by atoms with Crippen LogP contribution in [0, 0.1) is 0 Å². The molecule has 1 rings (SSSR count). The molecule has 0 fully saturated rings. The number of hydrogen-bond acceptors (Lipinski definition) is 5. The van der Waals surface area contributed by atoms with Gasteiger partial charge < -0.3 is 14.8 Å². The minimum atomic E-state index is -3.65. The maximum Gasteiger partial charge on any atom is 0.235 e. The molecule has 0 unspecified atom stereocenters. The lowest BCUT2D eigenvalue weighted by Gasteiger charge is -2.12. The molecule has 6 nitrogen and oxygen atoms in total. The Bertz CT molecular complexity index is 538. The van der Waals surface area contributed by atoms with Gasteiger partial charge in [-0.1, -0.05) is 0 Å². The molecule has 7 heteroatoms. The van der Waals surface area contributed by atoms with Crippen LogP contribution in [0.4, 0.5) is 0 Å². The number of benzene rings is 1. The van der Waals surface area contributed by atoms with Crippen LogP contribution in [0.5, 0.6) is 5.75 Å². The van der Waals surface area contributed by atoms with Crippen molar-refractivity contribution in [2.75, 3.05) is 26.6 Å². The van der Waals surface area contributed by atoms with E-state index in [1.54, 1.807) is 19.1 Å². The molecule has 1 N–H and O–H groups in total. The maximum absolute atomic E-state index is 12.0. The first kappa shape index (κ1) is 16.5. The first-order valence-corrected chi connectivity index (χ1v) is 7.69. The van der Waals surface area contributed by atoms with Crippen LogP contribution < -0.4 is 10.1 Å². The van der Waals surface area contributed by atoms with Gasteiger partial charge in [0.05, 0.1) is 18.6 Å². The Morgan fingerprint density at radius 3 is 2.35 bits per heavy atom. The Balaban J connectivity index is 2.71. The highest BCUT2D eigenvalue weighted by Gasteiger charge is 2.20. The molecule has 0 aliphatic rings. The molecule has 20 heavy (non-hydrogen) atoms. The highest BCUT2D eigenvalue weighted by atomic mass is 32.2. The number of carbonyl (C=O) groups excluding carboxylic acids is 1. The summed E-state index contributed by atoms with van der Waals surface area (Å²) in [6.07, 6.45) is 0. The van der Waals surface area contributed by atoms with Crippen LogP contribution in [0.1, 0.15) is 6.92 Å². The topological polar surface area (TPSA) is 81.7 Å². The van der Waals surface area contributed by atoms with Gasteiger partial charge in [0, 0.05) is 13.2 Å². The summed E-state index contributed by atoms with van der Waals surface area (Å²) in [6.45, 7) is 2.07.